The summed E-state index contributed by atoms with van der Waals surface area (Å²) in [6.45, 7) is 5.16. The Bertz CT molecular complexity index is 538. The molecule has 126 valence electrons. The van der Waals surface area contributed by atoms with Crippen LogP contribution in [0.5, 0.6) is 0 Å². The molecule has 0 bridgehead atoms. The summed E-state index contributed by atoms with van der Waals surface area (Å²) in [5.41, 5.74) is 2.67. The molecular formula is C19H28N2O2. The Kier molecular flexibility index (Phi) is 5.34. The fourth-order valence-corrected chi connectivity index (χ4v) is 3.86. The molecule has 2 N–H and O–H groups in total. The molecule has 1 aliphatic carbocycles. The van der Waals surface area contributed by atoms with Gasteiger partial charge in [0.1, 0.15) is 0 Å². The second-order valence-electron chi connectivity index (χ2n) is 7.15. The summed E-state index contributed by atoms with van der Waals surface area (Å²) in [6, 6.07) is 8.94. The molecule has 4 nitrogen and oxygen atoms in total. The molecule has 0 aromatic heterocycles. The van der Waals surface area contributed by atoms with Gasteiger partial charge in [-0.25, -0.2) is 0 Å². The maximum atomic E-state index is 12.2. The van der Waals surface area contributed by atoms with Crippen molar-refractivity contribution in [3.05, 3.63) is 35.4 Å². The minimum Gasteiger partial charge on any atom is -0.392 e. The van der Waals surface area contributed by atoms with Crippen LogP contribution in [0.15, 0.2) is 24.3 Å². The average molecular weight is 316 g/mol. The molecule has 1 aromatic carbocycles. The third kappa shape index (κ3) is 4.33. The molecule has 1 saturated heterocycles. The number of likely N-dealkylation sites (tertiary alicyclic amines) is 1. The zero-order valence-electron chi connectivity index (χ0n) is 14.0. The van der Waals surface area contributed by atoms with Crippen molar-refractivity contribution in [2.75, 3.05) is 13.1 Å². The zero-order chi connectivity index (χ0) is 16.2. The van der Waals surface area contributed by atoms with Crippen molar-refractivity contribution in [1.29, 1.82) is 0 Å². The first-order chi connectivity index (χ1) is 11.1. The van der Waals surface area contributed by atoms with Crippen LogP contribution < -0.4 is 5.32 Å². The highest BCUT2D eigenvalue weighted by Crippen LogP contribution is 2.26. The number of rotatable bonds is 4. The summed E-state index contributed by atoms with van der Waals surface area (Å²) in [5, 5.41) is 13.0. The number of aliphatic hydroxyl groups excluding tert-OH is 1. The third-order valence-electron chi connectivity index (χ3n) is 5.24. The number of carbonyl (C=O) groups excluding carboxylic acids is 1. The van der Waals surface area contributed by atoms with Crippen molar-refractivity contribution in [2.24, 2.45) is 5.92 Å². The Hall–Kier alpha value is -1.39. The second kappa shape index (κ2) is 7.45. The predicted molar refractivity (Wildman–Crippen MR) is 91.0 cm³/mol. The normalized spacial score (nSPS) is 26.3. The topological polar surface area (TPSA) is 52.6 Å². The van der Waals surface area contributed by atoms with E-state index in [1.165, 1.54) is 11.1 Å². The molecule has 1 saturated carbocycles. The van der Waals surface area contributed by atoms with Gasteiger partial charge in [-0.15, -0.1) is 0 Å². The van der Waals surface area contributed by atoms with Gasteiger partial charge < -0.3 is 10.4 Å². The SMILES string of the molecule is Cc1cccc(CN2CCC(NC(=O)C3CCCC3O)CC2)c1. The van der Waals surface area contributed by atoms with E-state index in [1.54, 1.807) is 0 Å². The minimum atomic E-state index is -0.434. The molecule has 2 aliphatic rings. The molecule has 0 spiro atoms. The number of amides is 1. The number of piperidine rings is 1. The van der Waals surface area contributed by atoms with Crippen LogP contribution in [0, 0.1) is 12.8 Å². The van der Waals surface area contributed by atoms with Crippen molar-refractivity contribution in [1.82, 2.24) is 10.2 Å². The van der Waals surface area contributed by atoms with Crippen molar-refractivity contribution < 1.29 is 9.90 Å². The number of benzene rings is 1. The lowest BCUT2D eigenvalue weighted by Gasteiger charge is -2.33. The second-order valence-corrected chi connectivity index (χ2v) is 7.15. The molecule has 1 amide bonds. The highest BCUT2D eigenvalue weighted by atomic mass is 16.3. The van der Waals surface area contributed by atoms with Gasteiger partial charge in [0, 0.05) is 25.7 Å². The van der Waals surface area contributed by atoms with E-state index in [4.69, 9.17) is 0 Å². The Morgan fingerprint density at radius 2 is 2.04 bits per heavy atom. The van der Waals surface area contributed by atoms with Gasteiger partial charge in [0.05, 0.1) is 12.0 Å². The quantitative estimate of drug-likeness (QED) is 0.896. The Morgan fingerprint density at radius 1 is 1.26 bits per heavy atom. The van der Waals surface area contributed by atoms with Gasteiger partial charge in [-0.3, -0.25) is 9.69 Å². The largest absolute Gasteiger partial charge is 0.392 e. The van der Waals surface area contributed by atoms with Crippen molar-refractivity contribution >= 4 is 5.91 Å². The Morgan fingerprint density at radius 3 is 2.70 bits per heavy atom. The van der Waals surface area contributed by atoms with Crippen LogP contribution in [0.1, 0.15) is 43.2 Å². The molecule has 2 unspecified atom stereocenters. The van der Waals surface area contributed by atoms with Crippen LogP contribution in [0.2, 0.25) is 0 Å². The van der Waals surface area contributed by atoms with Gasteiger partial charge in [0.25, 0.3) is 0 Å². The number of aliphatic hydroxyl groups is 1. The summed E-state index contributed by atoms with van der Waals surface area (Å²) in [6.07, 6.45) is 4.14. The highest BCUT2D eigenvalue weighted by molar-refractivity contribution is 5.79. The van der Waals surface area contributed by atoms with Crippen molar-refractivity contribution in [3.8, 4) is 0 Å². The van der Waals surface area contributed by atoms with Crippen LogP contribution in [0.25, 0.3) is 0 Å². The molecule has 1 aliphatic heterocycles. The lowest BCUT2D eigenvalue weighted by Crippen LogP contribution is -2.47. The summed E-state index contributed by atoms with van der Waals surface area (Å²) in [5.74, 6) is -0.118. The van der Waals surface area contributed by atoms with E-state index in [-0.39, 0.29) is 17.9 Å². The fourth-order valence-electron chi connectivity index (χ4n) is 3.86. The number of nitrogens with zero attached hydrogens (tertiary/aromatic N) is 1. The van der Waals surface area contributed by atoms with E-state index >= 15 is 0 Å². The van der Waals surface area contributed by atoms with Crippen LogP contribution >= 0.6 is 0 Å². The number of nitrogens with one attached hydrogen (secondary N) is 1. The molecule has 1 aromatic rings. The molecule has 1 heterocycles. The number of aryl methyl sites for hydroxylation is 1. The highest BCUT2D eigenvalue weighted by Gasteiger charge is 2.33. The average Bonchev–Trinajstić information content (AvgIpc) is 2.95. The standard InChI is InChI=1S/C19H28N2O2/c1-14-4-2-5-15(12-14)13-21-10-8-16(9-11-21)20-19(23)17-6-3-7-18(17)22/h2,4-5,12,16-18,22H,3,6-11,13H2,1H3,(H,20,23). The van der Waals surface area contributed by atoms with Gasteiger partial charge in [-0.05, 0) is 44.6 Å². The zero-order valence-corrected chi connectivity index (χ0v) is 14.0. The Balaban J connectivity index is 1.44. The first kappa shape index (κ1) is 16.5. The summed E-state index contributed by atoms with van der Waals surface area (Å²) in [4.78, 5) is 14.7. The Labute approximate surface area is 138 Å². The molecule has 0 radical (unpaired) electrons. The molecule has 2 atom stereocenters. The molecule has 2 fully saturated rings. The van der Waals surface area contributed by atoms with Crippen LogP contribution in [-0.2, 0) is 11.3 Å². The number of carbonyl (C=O) groups is 1. The third-order valence-corrected chi connectivity index (χ3v) is 5.24. The van der Waals surface area contributed by atoms with E-state index in [0.717, 1.165) is 51.7 Å². The van der Waals surface area contributed by atoms with Gasteiger partial charge in [0.15, 0.2) is 0 Å². The fraction of sp³-hybridized carbons (Fsp3) is 0.632. The summed E-state index contributed by atoms with van der Waals surface area (Å²) in [7, 11) is 0. The van der Waals surface area contributed by atoms with Gasteiger partial charge in [-0.1, -0.05) is 29.8 Å². The van der Waals surface area contributed by atoms with Crippen molar-refractivity contribution in [2.45, 2.75) is 57.7 Å². The lowest BCUT2D eigenvalue weighted by atomic mass is 10.0. The molecular weight excluding hydrogens is 288 g/mol. The number of hydrogen-bond acceptors (Lipinski definition) is 3. The first-order valence-corrected chi connectivity index (χ1v) is 8.88. The van der Waals surface area contributed by atoms with Crippen molar-refractivity contribution in [3.63, 3.8) is 0 Å². The summed E-state index contributed by atoms with van der Waals surface area (Å²) >= 11 is 0. The van der Waals surface area contributed by atoms with E-state index in [1.807, 2.05) is 0 Å². The van der Waals surface area contributed by atoms with Crippen LogP contribution in [0.4, 0.5) is 0 Å². The lowest BCUT2D eigenvalue weighted by molar-refractivity contribution is -0.128. The number of hydrogen-bond donors (Lipinski definition) is 2. The van der Waals surface area contributed by atoms with Gasteiger partial charge >= 0.3 is 0 Å². The molecule has 3 rings (SSSR count). The molecule has 23 heavy (non-hydrogen) atoms. The minimum absolute atomic E-state index is 0.0622. The maximum Gasteiger partial charge on any atom is 0.225 e. The monoisotopic (exact) mass is 316 g/mol. The predicted octanol–water partition coefficient (Wildman–Crippen LogP) is 2.24. The van der Waals surface area contributed by atoms with E-state index < -0.39 is 6.10 Å². The smallest absolute Gasteiger partial charge is 0.225 e. The first-order valence-electron chi connectivity index (χ1n) is 8.88. The van der Waals surface area contributed by atoms with E-state index in [0.29, 0.717) is 0 Å². The van der Waals surface area contributed by atoms with Gasteiger partial charge in [-0.2, -0.15) is 0 Å². The van der Waals surface area contributed by atoms with Crippen LogP contribution in [0.3, 0.4) is 0 Å². The summed E-state index contributed by atoms with van der Waals surface area (Å²) < 4.78 is 0. The van der Waals surface area contributed by atoms with Gasteiger partial charge in [0.2, 0.25) is 5.91 Å². The maximum absolute atomic E-state index is 12.2. The van der Waals surface area contributed by atoms with Crippen LogP contribution in [-0.4, -0.2) is 41.1 Å². The molecule has 4 heteroatoms. The van der Waals surface area contributed by atoms with E-state index in [2.05, 4.69) is 41.4 Å². The van der Waals surface area contributed by atoms with E-state index in [9.17, 15) is 9.90 Å².